The van der Waals surface area contributed by atoms with Crippen molar-refractivity contribution in [3.63, 3.8) is 0 Å². The Balaban J connectivity index is 1.89. The van der Waals surface area contributed by atoms with Crippen LogP contribution in [0.3, 0.4) is 0 Å². The molecule has 0 N–H and O–H groups in total. The zero-order valence-corrected chi connectivity index (χ0v) is 14.5. The Morgan fingerprint density at radius 1 is 1.46 bits per heavy atom. The molecule has 1 saturated heterocycles. The van der Waals surface area contributed by atoms with Gasteiger partial charge in [0, 0.05) is 20.1 Å². The summed E-state index contributed by atoms with van der Waals surface area (Å²) in [7, 11) is 1.55. The van der Waals surface area contributed by atoms with Crippen LogP contribution < -0.4 is 0 Å². The van der Waals surface area contributed by atoms with E-state index in [4.69, 9.17) is 4.74 Å². The molecule has 6 nitrogen and oxygen atoms in total. The highest BCUT2D eigenvalue weighted by molar-refractivity contribution is 7.16. The van der Waals surface area contributed by atoms with Gasteiger partial charge in [0.1, 0.15) is 10.7 Å². The number of nitrogens with zero attached hydrogens (tertiary/aromatic N) is 4. The summed E-state index contributed by atoms with van der Waals surface area (Å²) < 4.78 is 33.1. The fourth-order valence-electron chi connectivity index (χ4n) is 3.14. The van der Waals surface area contributed by atoms with Crippen molar-refractivity contribution in [2.24, 2.45) is 5.92 Å². The first-order chi connectivity index (χ1) is 11.5. The number of ether oxygens (including phenoxy) is 1. The van der Waals surface area contributed by atoms with Gasteiger partial charge in [0.05, 0.1) is 18.8 Å². The van der Waals surface area contributed by atoms with Crippen molar-refractivity contribution >= 4 is 22.2 Å². The molecule has 1 aliphatic heterocycles. The van der Waals surface area contributed by atoms with Crippen LogP contribution >= 0.6 is 11.3 Å². The number of alkyl halides is 2. The van der Waals surface area contributed by atoms with Crippen molar-refractivity contribution in [2.45, 2.75) is 45.8 Å². The van der Waals surface area contributed by atoms with Crippen molar-refractivity contribution in [1.29, 1.82) is 0 Å². The lowest BCUT2D eigenvalue weighted by Gasteiger charge is -2.16. The Morgan fingerprint density at radius 2 is 2.25 bits per heavy atom. The number of aromatic nitrogens is 3. The van der Waals surface area contributed by atoms with Crippen LogP contribution in [-0.2, 0) is 22.7 Å². The lowest BCUT2D eigenvalue weighted by Crippen LogP contribution is -2.26. The van der Waals surface area contributed by atoms with Gasteiger partial charge in [-0.15, -0.1) is 0 Å². The quantitative estimate of drug-likeness (QED) is 0.763. The molecule has 1 unspecified atom stereocenters. The first-order valence-electron chi connectivity index (χ1n) is 7.95. The predicted molar refractivity (Wildman–Crippen MR) is 85.0 cm³/mol. The Hall–Kier alpha value is -1.61. The van der Waals surface area contributed by atoms with Crippen LogP contribution in [0.1, 0.15) is 49.0 Å². The molecule has 132 valence electrons. The number of carbonyl (C=O) groups excluding carboxylic acids is 1. The number of imidazole rings is 1. The second-order valence-electron chi connectivity index (χ2n) is 6.00. The monoisotopic (exact) mass is 358 g/mol. The van der Waals surface area contributed by atoms with E-state index in [-0.39, 0.29) is 18.1 Å². The van der Waals surface area contributed by atoms with Gasteiger partial charge in [-0.3, -0.25) is 4.79 Å². The van der Waals surface area contributed by atoms with Gasteiger partial charge >= 0.3 is 0 Å². The molecule has 1 amide bonds. The molecule has 1 atom stereocenters. The van der Waals surface area contributed by atoms with Crippen LogP contribution in [0.2, 0.25) is 0 Å². The van der Waals surface area contributed by atoms with Crippen LogP contribution in [-0.4, -0.2) is 39.1 Å². The number of hydrogen-bond donors (Lipinski definition) is 0. The Morgan fingerprint density at radius 3 is 2.92 bits per heavy atom. The first kappa shape index (κ1) is 17.2. The average molecular weight is 358 g/mol. The number of methoxy groups -OCH3 is 1. The predicted octanol–water partition coefficient (Wildman–Crippen LogP) is 3.02. The van der Waals surface area contributed by atoms with Gasteiger partial charge in [-0.05, 0) is 12.3 Å². The molecule has 3 rings (SSSR count). The third-order valence-electron chi connectivity index (χ3n) is 4.18. The summed E-state index contributed by atoms with van der Waals surface area (Å²) in [4.78, 5) is 18.2. The van der Waals surface area contributed by atoms with E-state index in [0.717, 1.165) is 12.8 Å². The Labute approximate surface area is 142 Å². The third-order valence-corrected chi connectivity index (χ3v) is 5.06. The average Bonchev–Trinajstić information content (AvgIpc) is 3.15. The van der Waals surface area contributed by atoms with Crippen molar-refractivity contribution in [1.82, 2.24) is 19.5 Å². The molecular weight excluding hydrogens is 338 g/mol. The summed E-state index contributed by atoms with van der Waals surface area (Å²) in [5.41, 5.74) is 0.00793. The zero-order valence-electron chi connectivity index (χ0n) is 13.7. The number of hydrogen-bond acceptors (Lipinski definition) is 5. The molecule has 0 radical (unpaired) electrons. The minimum Gasteiger partial charge on any atom is -0.377 e. The van der Waals surface area contributed by atoms with Crippen molar-refractivity contribution in [2.75, 3.05) is 13.7 Å². The lowest BCUT2D eigenvalue weighted by atomic mass is 10.0. The van der Waals surface area contributed by atoms with E-state index in [2.05, 4.69) is 17.0 Å². The summed E-state index contributed by atoms with van der Waals surface area (Å²) in [5, 5.41) is 4.97. The minimum absolute atomic E-state index is 0.0101. The molecular formula is C15H20F2N4O2S. The summed E-state index contributed by atoms with van der Waals surface area (Å²) >= 11 is 1.22. The summed E-state index contributed by atoms with van der Waals surface area (Å²) in [6.45, 7) is 3.11. The second-order valence-corrected chi connectivity index (χ2v) is 7.04. The van der Waals surface area contributed by atoms with E-state index < -0.39 is 6.43 Å². The Kier molecular flexibility index (Phi) is 5.09. The van der Waals surface area contributed by atoms with Gasteiger partial charge in [-0.2, -0.15) is 5.10 Å². The number of halogens is 2. The van der Waals surface area contributed by atoms with Gasteiger partial charge in [0.25, 0.3) is 6.43 Å². The molecule has 9 heteroatoms. The van der Waals surface area contributed by atoms with E-state index in [9.17, 15) is 13.6 Å². The normalized spacial score (nSPS) is 18.5. The fraction of sp³-hybridized carbons (Fsp3) is 0.667. The van der Waals surface area contributed by atoms with E-state index in [1.54, 1.807) is 12.0 Å². The molecule has 0 saturated carbocycles. The van der Waals surface area contributed by atoms with Crippen LogP contribution in [0.5, 0.6) is 0 Å². The number of amides is 1. The largest absolute Gasteiger partial charge is 0.377 e. The summed E-state index contributed by atoms with van der Waals surface area (Å²) in [5.74, 6) is 0.316. The van der Waals surface area contributed by atoms with Crippen molar-refractivity contribution in [3.05, 3.63) is 16.4 Å². The SMILES string of the molecule is CCCC1CC(=O)N(Cc2c(C(F)F)nc3sc(COC)nn23)C1. The molecule has 0 spiro atoms. The highest BCUT2D eigenvalue weighted by Gasteiger charge is 2.32. The number of carbonyl (C=O) groups is 1. The fourth-order valence-corrected chi connectivity index (χ4v) is 4.03. The molecule has 0 aliphatic carbocycles. The maximum absolute atomic E-state index is 13.3. The van der Waals surface area contributed by atoms with Gasteiger partial charge in [0.15, 0.2) is 0 Å². The third kappa shape index (κ3) is 3.27. The van der Waals surface area contributed by atoms with E-state index in [1.165, 1.54) is 15.9 Å². The van der Waals surface area contributed by atoms with Crippen LogP contribution in [0.25, 0.3) is 4.96 Å². The molecule has 1 aliphatic rings. The second kappa shape index (κ2) is 7.10. The van der Waals surface area contributed by atoms with Gasteiger partial charge in [-0.25, -0.2) is 18.3 Å². The zero-order chi connectivity index (χ0) is 17.3. The highest BCUT2D eigenvalue weighted by atomic mass is 32.1. The molecule has 2 aromatic heterocycles. The number of likely N-dealkylation sites (tertiary alicyclic amines) is 1. The maximum atomic E-state index is 13.3. The van der Waals surface area contributed by atoms with Gasteiger partial charge < -0.3 is 9.64 Å². The number of rotatable bonds is 7. The van der Waals surface area contributed by atoms with Crippen LogP contribution in [0, 0.1) is 5.92 Å². The van der Waals surface area contributed by atoms with E-state index in [1.807, 2.05) is 0 Å². The van der Waals surface area contributed by atoms with Gasteiger partial charge in [0.2, 0.25) is 10.9 Å². The Bertz CT molecular complexity index is 730. The van der Waals surface area contributed by atoms with Crippen LogP contribution in [0.15, 0.2) is 0 Å². The lowest BCUT2D eigenvalue weighted by molar-refractivity contribution is -0.128. The molecule has 24 heavy (non-hydrogen) atoms. The van der Waals surface area contributed by atoms with Gasteiger partial charge in [-0.1, -0.05) is 24.7 Å². The standard InChI is InChI=1S/C15H20F2N4O2S/c1-3-4-9-5-12(22)20(6-9)7-10-13(14(16)17)18-15-21(10)19-11(24-15)8-23-2/h9,14H,3-8H2,1-2H3. The topological polar surface area (TPSA) is 59.7 Å². The molecule has 0 aromatic carbocycles. The molecule has 2 aromatic rings. The summed E-state index contributed by atoms with van der Waals surface area (Å²) in [6, 6.07) is 0. The number of fused-ring (bicyclic) bond motifs is 1. The smallest absolute Gasteiger partial charge is 0.282 e. The highest BCUT2D eigenvalue weighted by Crippen LogP contribution is 2.30. The van der Waals surface area contributed by atoms with Crippen molar-refractivity contribution < 1.29 is 18.3 Å². The van der Waals surface area contributed by atoms with Crippen LogP contribution in [0.4, 0.5) is 8.78 Å². The summed E-state index contributed by atoms with van der Waals surface area (Å²) in [6.07, 6.45) is -0.215. The van der Waals surface area contributed by atoms with E-state index >= 15 is 0 Å². The molecule has 1 fully saturated rings. The minimum atomic E-state index is -2.69. The molecule has 0 bridgehead atoms. The maximum Gasteiger partial charge on any atom is 0.282 e. The van der Waals surface area contributed by atoms with Crippen molar-refractivity contribution in [3.8, 4) is 0 Å². The first-order valence-corrected chi connectivity index (χ1v) is 8.77. The van der Waals surface area contributed by atoms with E-state index in [0.29, 0.717) is 41.2 Å². The molecule has 3 heterocycles.